The molecule has 1 fully saturated rings. The van der Waals surface area contributed by atoms with Crippen molar-refractivity contribution in [3.05, 3.63) is 33.8 Å². The second-order valence-corrected chi connectivity index (χ2v) is 5.29. The number of piperidine rings is 1. The maximum absolute atomic E-state index is 6.11. The summed E-state index contributed by atoms with van der Waals surface area (Å²) >= 11 is 12.2. The lowest BCUT2D eigenvalue weighted by Gasteiger charge is -2.23. The van der Waals surface area contributed by atoms with Gasteiger partial charge in [0.15, 0.2) is 0 Å². The van der Waals surface area contributed by atoms with Crippen LogP contribution in [0.15, 0.2) is 18.2 Å². The van der Waals surface area contributed by atoms with E-state index >= 15 is 0 Å². The van der Waals surface area contributed by atoms with E-state index in [4.69, 9.17) is 23.2 Å². The van der Waals surface area contributed by atoms with Crippen molar-refractivity contribution >= 4 is 35.6 Å². The van der Waals surface area contributed by atoms with Gasteiger partial charge in [0, 0.05) is 34.7 Å². The molecule has 2 nitrogen and oxygen atoms in total. The highest BCUT2D eigenvalue weighted by Crippen LogP contribution is 2.23. The van der Waals surface area contributed by atoms with Gasteiger partial charge in [-0.15, -0.1) is 12.4 Å². The lowest BCUT2D eigenvalue weighted by atomic mass is 10.1. The molecular weight excluding hydrogens is 291 g/mol. The van der Waals surface area contributed by atoms with Crippen LogP contribution in [0.2, 0.25) is 10.0 Å². The second kappa shape index (κ2) is 8.23. The molecule has 102 valence electrons. The van der Waals surface area contributed by atoms with Gasteiger partial charge in [0.25, 0.3) is 0 Å². The zero-order valence-corrected chi connectivity index (χ0v) is 12.5. The van der Waals surface area contributed by atoms with Crippen molar-refractivity contribution in [2.75, 3.05) is 13.1 Å². The summed E-state index contributed by atoms with van der Waals surface area (Å²) in [5.74, 6) is 0. The van der Waals surface area contributed by atoms with Gasteiger partial charge >= 0.3 is 0 Å². The molecule has 2 rings (SSSR count). The van der Waals surface area contributed by atoms with Crippen LogP contribution >= 0.6 is 35.6 Å². The maximum atomic E-state index is 6.11. The van der Waals surface area contributed by atoms with Crippen molar-refractivity contribution in [1.29, 1.82) is 0 Å². The van der Waals surface area contributed by atoms with Gasteiger partial charge in [-0.25, -0.2) is 0 Å². The van der Waals surface area contributed by atoms with Crippen molar-refractivity contribution in [1.82, 2.24) is 10.6 Å². The van der Waals surface area contributed by atoms with Crippen molar-refractivity contribution in [3.8, 4) is 0 Å². The second-order valence-electron chi connectivity index (χ2n) is 4.48. The Balaban J connectivity index is 0.00000162. The molecule has 1 unspecified atom stereocenters. The van der Waals surface area contributed by atoms with E-state index in [0.29, 0.717) is 6.04 Å². The van der Waals surface area contributed by atoms with Crippen LogP contribution in [0.25, 0.3) is 0 Å². The molecule has 1 aromatic carbocycles. The fourth-order valence-electron chi connectivity index (χ4n) is 2.17. The number of halogens is 3. The third-order valence-electron chi connectivity index (χ3n) is 3.17. The fourth-order valence-corrected chi connectivity index (χ4v) is 2.70. The van der Waals surface area contributed by atoms with Crippen LogP contribution in [0, 0.1) is 0 Å². The minimum absolute atomic E-state index is 0. The smallest absolute Gasteiger partial charge is 0.0465 e. The molecule has 0 aromatic heterocycles. The van der Waals surface area contributed by atoms with E-state index in [9.17, 15) is 0 Å². The molecule has 0 radical (unpaired) electrons. The SMILES string of the molecule is Cl.Clc1cccc(Cl)c1CNCC1CCCCN1. The first-order valence-electron chi connectivity index (χ1n) is 6.14. The number of benzene rings is 1. The van der Waals surface area contributed by atoms with Gasteiger partial charge < -0.3 is 10.6 Å². The first kappa shape index (κ1) is 16.1. The van der Waals surface area contributed by atoms with Crippen LogP contribution in [-0.2, 0) is 6.54 Å². The zero-order valence-electron chi connectivity index (χ0n) is 10.2. The number of hydrogen-bond acceptors (Lipinski definition) is 2. The molecule has 1 saturated heterocycles. The quantitative estimate of drug-likeness (QED) is 0.887. The molecular formula is C13H19Cl3N2. The van der Waals surface area contributed by atoms with Gasteiger partial charge in [0.2, 0.25) is 0 Å². The highest BCUT2D eigenvalue weighted by Gasteiger charge is 2.12. The first-order chi connectivity index (χ1) is 8.27. The number of rotatable bonds is 4. The topological polar surface area (TPSA) is 24.1 Å². The highest BCUT2D eigenvalue weighted by molar-refractivity contribution is 6.35. The summed E-state index contributed by atoms with van der Waals surface area (Å²) in [6.45, 7) is 2.84. The maximum Gasteiger partial charge on any atom is 0.0465 e. The Labute approximate surface area is 125 Å². The van der Waals surface area contributed by atoms with Crippen LogP contribution in [0.1, 0.15) is 24.8 Å². The first-order valence-corrected chi connectivity index (χ1v) is 6.90. The Morgan fingerprint density at radius 3 is 2.56 bits per heavy atom. The van der Waals surface area contributed by atoms with Crippen LogP contribution < -0.4 is 10.6 Å². The van der Waals surface area contributed by atoms with Gasteiger partial charge in [0.1, 0.15) is 0 Å². The molecule has 1 aliphatic rings. The van der Waals surface area contributed by atoms with Gasteiger partial charge in [-0.2, -0.15) is 0 Å². The van der Waals surface area contributed by atoms with E-state index in [1.807, 2.05) is 18.2 Å². The monoisotopic (exact) mass is 308 g/mol. The van der Waals surface area contributed by atoms with Gasteiger partial charge in [0.05, 0.1) is 0 Å². The third kappa shape index (κ3) is 4.60. The van der Waals surface area contributed by atoms with E-state index in [-0.39, 0.29) is 12.4 Å². The Morgan fingerprint density at radius 2 is 1.94 bits per heavy atom. The molecule has 0 amide bonds. The van der Waals surface area contributed by atoms with E-state index in [0.717, 1.165) is 35.2 Å². The molecule has 0 aliphatic carbocycles. The van der Waals surface area contributed by atoms with Crippen molar-refractivity contribution in [3.63, 3.8) is 0 Å². The van der Waals surface area contributed by atoms with Gasteiger partial charge in [-0.05, 0) is 31.5 Å². The van der Waals surface area contributed by atoms with Crippen LogP contribution in [0.4, 0.5) is 0 Å². The molecule has 0 bridgehead atoms. The lowest BCUT2D eigenvalue weighted by molar-refractivity contribution is 0.383. The average Bonchev–Trinajstić information content (AvgIpc) is 2.34. The molecule has 5 heteroatoms. The number of nitrogens with one attached hydrogen (secondary N) is 2. The Hall–Kier alpha value is 0.01000. The summed E-state index contributed by atoms with van der Waals surface area (Å²) < 4.78 is 0. The molecule has 0 saturated carbocycles. The number of hydrogen-bond donors (Lipinski definition) is 2. The van der Waals surface area contributed by atoms with Crippen LogP contribution in [0.3, 0.4) is 0 Å². The third-order valence-corrected chi connectivity index (χ3v) is 3.87. The summed E-state index contributed by atoms with van der Waals surface area (Å²) in [5, 5.41) is 8.40. The van der Waals surface area contributed by atoms with E-state index in [1.54, 1.807) is 0 Å². The zero-order chi connectivity index (χ0) is 12.1. The standard InChI is InChI=1S/C13H18Cl2N2.ClH/c14-12-5-3-6-13(15)11(12)9-16-8-10-4-1-2-7-17-10;/h3,5-6,10,16-17H,1-2,4,7-9H2;1H. The fraction of sp³-hybridized carbons (Fsp3) is 0.538. The molecule has 18 heavy (non-hydrogen) atoms. The summed E-state index contributed by atoms with van der Waals surface area (Å²) in [4.78, 5) is 0. The van der Waals surface area contributed by atoms with Crippen molar-refractivity contribution < 1.29 is 0 Å². The summed E-state index contributed by atoms with van der Waals surface area (Å²) in [6, 6.07) is 6.22. The normalized spacial score (nSPS) is 19.3. The largest absolute Gasteiger partial charge is 0.313 e. The molecule has 1 heterocycles. The predicted octanol–water partition coefficient (Wildman–Crippen LogP) is 3.65. The molecule has 2 N–H and O–H groups in total. The lowest BCUT2D eigenvalue weighted by Crippen LogP contribution is -2.41. The van der Waals surface area contributed by atoms with E-state index in [2.05, 4.69) is 10.6 Å². The summed E-state index contributed by atoms with van der Waals surface area (Å²) in [6.07, 6.45) is 3.88. The minimum atomic E-state index is 0. The van der Waals surface area contributed by atoms with Gasteiger partial charge in [-0.3, -0.25) is 0 Å². The van der Waals surface area contributed by atoms with Crippen molar-refractivity contribution in [2.24, 2.45) is 0 Å². The van der Waals surface area contributed by atoms with E-state index < -0.39 is 0 Å². The molecule has 1 atom stereocenters. The average molecular weight is 310 g/mol. The molecule has 1 aliphatic heterocycles. The Kier molecular flexibility index (Phi) is 7.35. The summed E-state index contributed by atoms with van der Waals surface area (Å²) in [7, 11) is 0. The molecule has 0 spiro atoms. The highest BCUT2D eigenvalue weighted by atomic mass is 35.5. The minimum Gasteiger partial charge on any atom is -0.313 e. The summed E-state index contributed by atoms with van der Waals surface area (Å²) in [5.41, 5.74) is 0.992. The van der Waals surface area contributed by atoms with Gasteiger partial charge in [-0.1, -0.05) is 35.7 Å². The van der Waals surface area contributed by atoms with Crippen molar-refractivity contribution in [2.45, 2.75) is 31.8 Å². The predicted molar refractivity (Wildman–Crippen MR) is 81.1 cm³/mol. The van der Waals surface area contributed by atoms with Crippen LogP contribution in [-0.4, -0.2) is 19.1 Å². The molecule has 1 aromatic rings. The Morgan fingerprint density at radius 1 is 1.22 bits per heavy atom. The van der Waals surface area contributed by atoms with Crippen LogP contribution in [0.5, 0.6) is 0 Å². The van der Waals surface area contributed by atoms with E-state index in [1.165, 1.54) is 19.3 Å². The Bertz CT molecular complexity index is 345.